The Morgan fingerprint density at radius 2 is 2.18 bits per heavy atom. The molecule has 5 heteroatoms. The average Bonchev–Trinajstić information content (AvgIpc) is 2.38. The third-order valence-corrected chi connectivity index (χ3v) is 2.51. The third kappa shape index (κ3) is 2.60. The molecule has 2 rings (SSSR count). The van der Waals surface area contributed by atoms with Gasteiger partial charge in [-0.05, 0) is 24.3 Å². The van der Waals surface area contributed by atoms with Crippen LogP contribution in [0.15, 0.2) is 42.9 Å². The molecule has 0 N–H and O–H groups in total. The number of nitrogens with zero attached hydrogens (tertiary/aromatic N) is 3. The molecule has 0 aliphatic heterocycles. The van der Waals surface area contributed by atoms with Gasteiger partial charge >= 0.3 is 0 Å². The predicted molar refractivity (Wildman–Crippen MR) is 66.2 cm³/mol. The molecule has 1 amide bonds. The Labute approximate surface area is 104 Å². The average molecular weight is 248 g/mol. The molecule has 0 saturated heterocycles. The van der Waals surface area contributed by atoms with Gasteiger partial charge in [-0.15, -0.1) is 0 Å². The lowest BCUT2D eigenvalue weighted by molar-refractivity contribution is 0.0988. The van der Waals surface area contributed by atoms with Crippen LogP contribution in [0.4, 0.5) is 5.69 Å². The van der Waals surface area contributed by atoms with Crippen LogP contribution >= 0.6 is 11.6 Å². The molecule has 2 aromatic rings. The van der Waals surface area contributed by atoms with E-state index in [9.17, 15) is 4.79 Å². The molecule has 17 heavy (non-hydrogen) atoms. The highest BCUT2D eigenvalue weighted by Crippen LogP contribution is 2.14. The van der Waals surface area contributed by atoms with Gasteiger partial charge in [0.15, 0.2) is 0 Å². The minimum atomic E-state index is -0.222. The number of hydrogen-bond donors (Lipinski definition) is 0. The van der Waals surface area contributed by atoms with Gasteiger partial charge in [0.2, 0.25) is 0 Å². The van der Waals surface area contributed by atoms with Crippen molar-refractivity contribution in [3.05, 3.63) is 53.6 Å². The zero-order valence-electron chi connectivity index (χ0n) is 9.17. The van der Waals surface area contributed by atoms with Gasteiger partial charge in [0.1, 0.15) is 5.69 Å². The predicted octanol–water partition coefficient (Wildman–Crippen LogP) is 2.41. The number of carbonyl (C=O) groups is 1. The van der Waals surface area contributed by atoms with Crippen molar-refractivity contribution in [3.8, 4) is 0 Å². The number of halogens is 1. The highest BCUT2D eigenvalue weighted by Gasteiger charge is 2.14. The highest BCUT2D eigenvalue weighted by molar-refractivity contribution is 6.31. The van der Waals surface area contributed by atoms with Crippen LogP contribution in [0.1, 0.15) is 10.5 Å². The summed E-state index contributed by atoms with van der Waals surface area (Å²) < 4.78 is 0. The number of amides is 1. The van der Waals surface area contributed by atoms with E-state index in [2.05, 4.69) is 9.97 Å². The van der Waals surface area contributed by atoms with Gasteiger partial charge in [-0.2, -0.15) is 0 Å². The summed E-state index contributed by atoms with van der Waals surface area (Å²) in [5.74, 6) is -0.222. The second-order valence-corrected chi connectivity index (χ2v) is 3.87. The summed E-state index contributed by atoms with van der Waals surface area (Å²) in [6.07, 6.45) is 4.77. The maximum Gasteiger partial charge on any atom is 0.276 e. The molecule has 0 saturated carbocycles. The van der Waals surface area contributed by atoms with Crippen molar-refractivity contribution >= 4 is 23.2 Å². The minimum absolute atomic E-state index is 0.222. The van der Waals surface area contributed by atoms with Crippen LogP contribution in [0.5, 0.6) is 0 Å². The molecule has 0 radical (unpaired) electrons. The van der Waals surface area contributed by atoms with Gasteiger partial charge in [-0.25, -0.2) is 0 Å². The fourth-order valence-corrected chi connectivity index (χ4v) is 1.52. The molecule has 4 nitrogen and oxygen atoms in total. The SMILES string of the molecule is CN(C(=O)c1cc(Cl)ccn1)c1cccnc1. The van der Waals surface area contributed by atoms with E-state index in [1.54, 1.807) is 37.6 Å². The Hall–Kier alpha value is -1.94. The van der Waals surface area contributed by atoms with Crippen molar-refractivity contribution in [1.82, 2.24) is 9.97 Å². The van der Waals surface area contributed by atoms with Crippen LogP contribution in [0.25, 0.3) is 0 Å². The molecular formula is C12H10ClN3O. The Bertz CT molecular complexity index is 530. The van der Waals surface area contributed by atoms with Gasteiger partial charge in [0, 0.05) is 24.5 Å². The van der Waals surface area contributed by atoms with Crippen LogP contribution in [-0.2, 0) is 0 Å². The molecular weight excluding hydrogens is 238 g/mol. The van der Waals surface area contributed by atoms with Gasteiger partial charge < -0.3 is 4.90 Å². The number of carbonyl (C=O) groups excluding carboxylic acids is 1. The van der Waals surface area contributed by atoms with E-state index in [1.165, 1.54) is 17.2 Å². The Balaban J connectivity index is 2.27. The Morgan fingerprint density at radius 1 is 1.35 bits per heavy atom. The summed E-state index contributed by atoms with van der Waals surface area (Å²) in [7, 11) is 1.67. The molecule has 0 unspecified atom stereocenters. The molecule has 0 fully saturated rings. The molecule has 2 heterocycles. The van der Waals surface area contributed by atoms with Crippen LogP contribution in [0, 0.1) is 0 Å². The monoisotopic (exact) mass is 247 g/mol. The van der Waals surface area contributed by atoms with E-state index >= 15 is 0 Å². The Kier molecular flexibility index (Phi) is 3.35. The first-order valence-corrected chi connectivity index (χ1v) is 5.36. The molecule has 0 bridgehead atoms. The molecule has 2 aromatic heterocycles. The minimum Gasteiger partial charge on any atom is -0.309 e. The van der Waals surface area contributed by atoms with Crippen molar-refractivity contribution in [2.75, 3.05) is 11.9 Å². The molecule has 0 aliphatic rings. The smallest absolute Gasteiger partial charge is 0.276 e. The first kappa shape index (κ1) is 11.5. The maximum atomic E-state index is 12.1. The largest absolute Gasteiger partial charge is 0.309 e. The van der Waals surface area contributed by atoms with E-state index < -0.39 is 0 Å². The number of aromatic nitrogens is 2. The van der Waals surface area contributed by atoms with Crippen molar-refractivity contribution in [3.63, 3.8) is 0 Å². The fourth-order valence-electron chi connectivity index (χ4n) is 1.36. The standard InChI is InChI=1S/C12H10ClN3O/c1-16(10-3-2-5-14-8-10)12(17)11-7-9(13)4-6-15-11/h2-8H,1H3. The molecule has 0 spiro atoms. The van der Waals surface area contributed by atoms with E-state index in [-0.39, 0.29) is 5.91 Å². The second kappa shape index (κ2) is 4.93. The quantitative estimate of drug-likeness (QED) is 0.819. The van der Waals surface area contributed by atoms with E-state index in [1.807, 2.05) is 0 Å². The van der Waals surface area contributed by atoms with Gasteiger partial charge in [0.05, 0.1) is 11.9 Å². The summed E-state index contributed by atoms with van der Waals surface area (Å²) in [4.78, 5) is 21.5. The van der Waals surface area contributed by atoms with E-state index in [4.69, 9.17) is 11.6 Å². The zero-order valence-corrected chi connectivity index (χ0v) is 9.93. The maximum absolute atomic E-state index is 12.1. The topological polar surface area (TPSA) is 46.1 Å². The number of rotatable bonds is 2. The van der Waals surface area contributed by atoms with Gasteiger partial charge in [0.25, 0.3) is 5.91 Å². The number of anilines is 1. The molecule has 0 aromatic carbocycles. The summed E-state index contributed by atoms with van der Waals surface area (Å²) >= 11 is 5.82. The summed E-state index contributed by atoms with van der Waals surface area (Å²) in [5.41, 5.74) is 1.02. The number of hydrogen-bond acceptors (Lipinski definition) is 3. The second-order valence-electron chi connectivity index (χ2n) is 3.43. The summed E-state index contributed by atoms with van der Waals surface area (Å²) in [6.45, 7) is 0. The van der Waals surface area contributed by atoms with Crippen LogP contribution in [-0.4, -0.2) is 22.9 Å². The lowest BCUT2D eigenvalue weighted by Gasteiger charge is -2.16. The van der Waals surface area contributed by atoms with Crippen molar-refractivity contribution in [2.24, 2.45) is 0 Å². The van der Waals surface area contributed by atoms with Crippen molar-refractivity contribution in [1.29, 1.82) is 0 Å². The highest BCUT2D eigenvalue weighted by atomic mass is 35.5. The van der Waals surface area contributed by atoms with E-state index in [0.29, 0.717) is 16.4 Å². The van der Waals surface area contributed by atoms with E-state index in [0.717, 1.165) is 0 Å². The van der Waals surface area contributed by atoms with Crippen molar-refractivity contribution < 1.29 is 4.79 Å². The lowest BCUT2D eigenvalue weighted by atomic mass is 10.3. The third-order valence-electron chi connectivity index (χ3n) is 2.28. The van der Waals surface area contributed by atoms with Crippen LogP contribution in [0.3, 0.4) is 0 Å². The fraction of sp³-hybridized carbons (Fsp3) is 0.0833. The Morgan fingerprint density at radius 3 is 2.82 bits per heavy atom. The normalized spacial score (nSPS) is 10.0. The molecule has 86 valence electrons. The van der Waals surface area contributed by atoms with Gasteiger partial charge in [-0.1, -0.05) is 11.6 Å². The van der Waals surface area contributed by atoms with Crippen LogP contribution in [0.2, 0.25) is 5.02 Å². The first-order valence-electron chi connectivity index (χ1n) is 4.98. The molecule has 0 atom stereocenters. The summed E-state index contributed by atoms with van der Waals surface area (Å²) in [5, 5.41) is 0.489. The molecule has 0 aliphatic carbocycles. The number of pyridine rings is 2. The zero-order chi connectivity index (χ0) is 12.3. The lowest BCUT2D eigenvalue weighted by Crippen LogP contribution is -2.27. The summed E-state index contributed by atoms with van der Waals surface area (Å²) in [6, 6.07) is 6.74. The first-order chi connectivity index (χ1) is 8.18. The van der Waals surface area contributed by atoms with Gasteiger partial charge in [-0.3, -0.25) is 14.8 Å². The van der Waals surface area contributed by atoms with Crippen LogP contribution < -0.4 is 4.90 Å². The van der Waals surface area contributed by atoms with Crippen molar-refractivity contribution in [2.45, 2.75) is 0 Å².